The third-order valence-corrected chi connectivity index (χ3v) is 4.72. The number of benzene rings is 2. The van der Waals surface area contributed by atoms with Gasteiger partial charge in [-0.1, -0.05) is 30.3 Å². The number of furan rings is 1. The lowest BCUT2D eigenvalue weighted by Crippen LogP contribution is -1.96. The van der Waals surface area contributed by atoms with Crippen LogP contribution in [0.5, 0.6) is 0 Å². The van der Waals surface area contributed by atoms with Crippen LogP contribution in [-0.2, 0) is 4.74 Å². The van der Waals surface area contributed by atoms with E-state index in [1.807, 2.05) is 54.6 Å². The highest BCUT2D eigenvalue weighted by Crippen LogP contribution is 2.36. The van der Waals surface area contributed by atoms with Gasteiger partial charge in [-0.3, -0.25) is 0 Å². The zero-order chi connectivity index (χ0) is 15.1. The predicted molar refractivity (Wildman–Crippen MR) is 88.4 cm³/mol. The number of carbonyl (C=O) groups excluding carboxylic acids is 1. The summed E-state index contributed by atoms with van der Waals surface area (Å²) >= 11 is 1.43. The van der Waals surface area contributed by atoms with Gasteiger partial charge in [0.1, 0.15) is 16.2 Å². The maximum atomic E-state index is 11.7. The Morgan fingerprint density at radius 1 is 1.09 bits per heavy atom. The van der Waals surface area contributed by atoms with Gasteiger partial charge in [-0.05, 0) is 24.3 Å². The van der Waals surface area contributed by atoms with Crippen LogP contribution in [0, 0.1) is 0 Å². The van der Waals surface area contributed by atoms with E-state index in [0.717, 1.165) is 32.4 Å². The maximum Gasteiger partial charge on any atom is 0.348 e. The van der Waals surface area contributed by atoms with Gasteiger partial charge in [-0.2, -0.15) is 0 Å². The van der Waals surface area contributed by atoms with Crippen molar-refractivity contribution in [1.29, 1.82) is 0 Å². The van der Waals surface area contributed by atoms with Gasteiger partial charge in [0, 0.05) is 21.0 Å². The molecule has 2 aromatic heterocycles. The molecule has 0 amide bonds. The molecular weight excluding hydrogens is 296 g/mol. The van der Waals surface area contributed by atoms with E-state index in [0.29, 0.717) is 4.88 Å². The van der Waals surface area contributed by atoms with Crippen molar-refractivity contribution in [1.82, 2.24) is 0 Å². The summed E-state index contributed by atoms with van der Waals surface area (Å²) in [6.45, 7) is 0. The largest absolute Gasteiger partial charge is 0.465 e. The molecule has 22 heavy (non-hydrogen) atoms. The molecule has 4 aromatic rings. The Bertz CT molecular complexity index is 961. The number of ether oxygens (including phenoxy) is 1. The van der Waals surface area contributed by atoms with Gasteiger partial charge in [0.15, 0.2) is 0 Å². The highest BCUT2D eigenvalue weighted by molar-refractivity contribution is 7.20. The molecule has 3 nitrogen and oxygen atoms in total. The predicted octanol–water partition coefficient (Wildman–Crippen LogP) is 5.10. The SMILES string of the molecule is COC(=O)c1cc2c(-c3cc4ccccc4o3)cccc2s1. The molecule has 0 bridgehead atoms. The number of hydrogen-bond donors (Lipinski definition) is 0. The highest BCUT2D eigenvalue weighted by Gasteiger charge is 2.15. The highest BCUT2D eigenvalue weighted by atomic mass is 32.1. The summed E-state index contributed by atoms with van der Waals surface area (Å²) in [4.78, 5) is 12.3. The average Bonchev–Trinajstić information content (AvgIpc) is 3.17. The van der Waals surface area contributed by atoms with Crippen LogP contribution in [0.4, 0.5) is 0 Å². The number of hydrogen-bond acceptors (Lipinski definition) is 4. The summed E-state index contributed by atoms with van der Waals surface area (Å²) in [6, 6.07) is 17.8. The molecule has 0 saturated carbocycles. The van der Waals surface area contributed by atoms with Crippen molar-refractivity contribution in [2.75, 3.05) is 7.11 Å². The van der Waals surface area contributed by atoms with Crippen molar-refractivity contribution in [3.8, 4) is 11.3 Å². The topological polar surface area (TPSA) is 39.4 Å². The lowest BCUT2D eigenvalue weighted by atomic mass is 10.1. The molecular formula is C18H12O3S. The first kappa shape index (κ1) is 13.1. The van der Waals surface area contributed by atoms with Crippen LogP contribution in [-0.4, -0.2) is 13.1 Å². The quantitative estimate of drug-likeness (QED) is 0.484. The molecule has 0 saturated heterocycles. The molecule has 4 heteroatoms. The molecule has 2 heterocycles. The van der Waals surface area contributed by atoms with Crippen LogP contribution in [0.25, 0.3) is 32.4 Å². The third kappa shape index (κ3) is 2.00. The van der Waals surface area contributed by atoms with Crippen LogP contribution >= 0.6 is 11.3 Å². The van der Waals surface area contributed by atoms with Crippen LogP contribution in [0.15, 0.2) is 59.0 Å². The summed E-state index contributed by atoms with van der Waals surface area (Å²) < 4.78 is 11.8. The zero-order valence-corrected chi connectivity index (χ0v) is 12.6. The molecule has 4 rings (SSSR count). The molecule has 0 radical (unpaired) electrons. The summed E-state index contributed by atoms with van der Waals surface area (Å²) in [5, 5.41) is 2.07. The summed E-state index contributed by atoms with van der Waals surface area (Å²) in [5.41, 5.74) is 1.85. The van der Waals surface area contributed by atoms with Crippen molar-refractivity contribution in [2.24, 2.45) is 0 Å². The van der Waals surface area contributed by atoms with Crippen LogP contribution in [0.3, 0.4) is 0 Å². The molecule has 108 valence electrons. The van der Waals surface area contributed by atoms with Crippen molar-refractivity contribution in [3.05, 3.63) is 59.5 Å². The van der Waals surface area contributed by atoms with E-state index in [4.69, 9.17) is 9.15 Å². The first-order valence-electron chi connectivity index (χ1n) is 6.86. The minimum absolute atomic E-state index is 0.309. The van der Waals surface area contributed by atoms with E-state index in [-0.39, 0.29) is 5.97 Å². The summed E-state index contributed by atoms with van der Waals surface area (Å²) in [6.07, 6.45) is 0. The molecule has 0 unspecified atom stereocenters. The fraction of sp³-hybridized carbons (Fsp3) is 0.0556. The van der Waals surface area contributed by atoms with Gasteiger partial charge in [-0.15, -0.1) is 11.3 Å². The van der Waals surface area contributed by atoms with E-state index >= 15 is 0 Å². The second-order valence-corrected chi connectivity index (χ2v) is 6.05. The number of fused-ring (bicyclic) bond motifs is 2. The Balaban J connectivity index is 1.94. The summed E-state index contributed by atoms with van der Waals surface area (Å²) in [7, 11) is 1.40. The molecule has 0 spiro atoms. The lowest BCUT2D eigenvalue weighted by Gasteiger charge is -1.98. The van der Waals surface area contributed by atoms with Gasteiger partial charge >= 0.3 is 5.97 Å². The number of esters is 1. The standard InChI is InChI=1S/C18H12O3S/c1-20-18(19)17-10-13-12(6-4-8-16(13)22-17)15-9-11-5-2-3-7-14(11)21-15/h2-10H,1H3. The molecule has 0 atom stereocenters. The van der Waals surface area contributed by atoms with Crippen LogP contribution in [0.1, 0.15) is 9.67 Å². The lowest BCUT2D eigenvalue weighted by molar-refractivity contribution is 0.0606. The Hall–Kier alpha value is -2.59. The first-order valence-corrected chi connectivity index (χ1v) is 7.68. The van der Waals surface area contributed by atoms with Crippen molar-refractivity contribution in [2.45, 2.75) is 0 Å². The van der Waals surface area contributed by atoms with E-state index in [1.165, 1.54) is 18.4 Å². The third-order valence-electron chi connectivity index (χ3n) is 3.64. The van der Waals surface area contributed by atoms with Crippen molar-refractivity contribution >= 4 is 38.4 Å². The second kappa shape index (κ2) is 5.00. The minimum Gasteiger partial charge on any atom is -0.465 e. The number of rotatable bonds is 2. The Morgan fingerprint density at radius 2 is 1.95 bits per heavy atom. The van der Waals surface area contributed by atoms with E-state index in [2.05, 4.69) is 0 Å². The molecule has 2 aromatic carbocycles. The maximum absolute atomic E-state index is 11.7. The van der Waals surface area contributed by atoms with E-state index in [1.54, 1.807) is 0 Å². The van der Waals surface area contributed by atoms with Gasteiger partial charge in [0.25, 0.3) is 0 Å². The zero-order valence-electron chi connectivity index (χ0n) is 11.8. The normalized spacial score (nSPS) is 11.1. The smallest absolute Gasteiger partial charge is 0.348 e. The van der Waals surface area contributed by atoms with Gasteiger partial charge in [-0.25, -0.2) is 4.79 Å². The molecule has 0 aliphatic heterocycles. The number of methoxy groups -OCH3 is 1. The average molecular weight is 308 g/mol. The van der Waals surface area contributed by atoms with E-state index < -0.39 is 0 Å². The van der Waals surface area contributed by atoms with Crippen LogP contribution < -0.4 is 0 Å². The molecule has 0 aliphatic carbocycles. The fourth-order valence-electron chi connectivity index (χ4n) is 2.59. The van der Waals surface area contributed by atoms with E-state index in [9.17, 15) is 4.79 Å². The number of para-hydroxylation sites is 1. The Kier molecular flexibility index (Phi) is 2.98. The summed E-state index contributed by atoms with van der Waals surface area (Å²) in [5.74, 6) is 0.498. The van der Waals surface area contributed by atoms with Gasteiger partial charge in [0.05, 0.1) is 7.11 Å². The molecule has 0 N–H and O–H groups in total. The number of carbonyl (C=O) groups is 1. The second-order valence-electron chi connectivity index (χ2n) is 4.97. The van der Waals surface area contributed by atoms with Crippen LogP contribution in [0.2, 0.25) is 0 Å². The Labute approximate surface area is 130 Å². The van der Waals surface area contributed by atoms with Crippen molar-refractivity contribution in [3.63, 3.8) is 0 Å². The fourth-order valence-corrected chi connectivity index (χ4v) is 3.60. The Morgan fingerprint density at radius 3 is 2.77 bits per heavy atom. The van der Waals surface area contributed by atoms with Gasteiger partial charge < -0.3 is 9.15 Å². The monoisotopic (exact) mass is 308 g/mol. The first-order chi connectivity index (χ1) is 10.8. The minimum atomic E-state index is -0.309. The molecule has 0 aliphatic rings. The molecule has 0 fully saturated rings. The van der Waals surface area contributed by atoms with Crippen molar-refractivity contribution < 1.29 is 13.9 Å². The van der Waals surface area contributed by atoms with Gasteiger partial charge in [0.2, 0.25) is 0 Å². The number of thiophene rings is 1.